The van der Waals surface area contributed by atoms with Gasteiger partial charge in [0.05, 0.1) is 7.11 Å². The van der Waals surface area contributed by atoms with Crippen LogP contribution in [-0.4, -0.2) is 69.2 Å². The van der Waals surface area contributed by atoms with Gasteiger partial charge in [-0.1, -0.05) is 12.1 Å². The van der Waals surface area contributed by atoms with Gasteiger partial charge in [0.2, 0.25) is 0 Å². The molecule has 2 heterocycles. The maximum Gasteiger partial charge on any atom is 0.193 e. The Labute approximate surface area is 152 Å². The third-order valence-electron chi connectivity index (χ3n) is 5.40. The average molecular weight is 345 g/mol. The Balaban J connectivity index is 1.60. The smallest absolute Gasteiger partial charge is 0.193 e. The monoisotopic (exact) mass is 344 g/mol. The van der Waals surface area contributed by atoms with E-state index in [4.69, 9.17) is 9.73 Å². The minimum atomic E-state index is 0.576. The molecule has 2 fully saturated rings. The first kappa shape index (κ1) is 18.1. The number of hydrogen-bond donors (Lipinski definition) is 1. The van der Waals surface area contributed by atoms with E-state index in [2.05, 4.69) is 53.4 Å². The number of aliphatic imine (C=N–C) groups is 1. The first-order chi connectivity index (χ1) is 12.2. The predicted molar refractivity (Wildman–Crippen MR) is 104 cm³/mol. The van der Waals surface area contributed by atoms with Gasteiger partial charge in [0.15, 0.2) is 5.96 Å². The van der Waals surface area contributed by atoms with Crippen molar-refractivity contribution in [1.82, 2.24) is 15.1 Å². The summed E-state index contributed by atoms with van der Waals surface area (Å²) in [6.07, 6.45) is 2.46. The lowest BCUT2D eigenvalue weighted by atomic mass is 9.98. The van der Waals surface area contributed by atoms with Crippen LogP contribution >= 0.6 is 0 Å². The van der Waals surface area contributed by atoms with Crippen LogP contribution in [0.15, 0.2) is 29.3 Å². The van der Waals surface area contributed by atoms with Gasteiger partial charge in [0.25, 0.3) is 0 Å². The van der Waals surface area contributed by atoms with E-state index in [9.17, 15) is 0 Å². The summed E-state index contributed by atoms with van der Waals surface area (Å²) < 4.78 is 5.27. The van der Waals surface area contributed by atoms with Crippen LogP contribution in [0.2, 0.25) is 0 Å². The van der Waals surface area contributed by atoms with Crippen LogP contribution in [0.3, 0.4) is 0 Å². The number of nitrogens with one attached hydrogen (secondary N) is 1. The van der Waals surface area contributed by atoms with Crippen molar-refractivity contribution in [2.75, 3.05) is 53.4 Å². The van der Waals surface area contributed by atoms with E-state index in [0.29, 0.717) is 11.8 Å². The molecule has 2 unspecified atom stereocenters. The molecule has 1 N–H and O–H groups in total. The molecule has 2 atom stereocenters. The molecule has 0 saturated carbocycles. The Morgan fingerprint density at radius 2 is 2.00 bits per heavy atom. The molecule has 2 saturated heterocycles. The van der Waals surface area contributed by atoms with Crippen molar-refractivity contribution in [2.24, 2.45) is 10.9 Å². The summed E-state index contributed by atoms with van der Waals surface area (Å²) in [5, 5.41) is 3.49. The van der Waals surface area contributed by atoms with E-state index in [-0.39, 0.29) is 0 Å². The molecular weight excluding hydrogens is 312 g/mol. The van der Waals surface area contributed by atoms with Gasteiger partial charge in [-0.25, -0.2) is 0 Å². The summed E-state index contributed by atoms with van der Waals surface area (Å²) in [6, 6.07) is 8.53. The van der Waals surface area contributed by atoms with Crippen LogP contribution in [-0.2, 0) is 0 Å². The molecule has 5 nitrogen and oxygen atoms in total. The van der Waals surface area contributed by atoms with Gasteiger partial charge in [-0.2, -0.15) is 0 Å². The summed E-state index contributed by atoms with van der Waals surface area (Å²) in [5.74, 6) is 3.30. The van der Waals surface area contributed by atoms with E-state index < -0.39 is 0 Å². The number of guanidine groups is 1. The maximum atomic E-state index is 5.27. The molecule has 1 aromatic rings. The lowest BCUT2D eigenvalue weighted by molar-refractivity contribution is 0.396. The SMILES string of the molecule is CCNC(=NCC1CCN(C)C1)N1CCC(c2ccc(OC)cc2)C1. The minimum absolute atomic E-state index is 0.576. The molecular formula is C20H32N4O. The van der Waals surface area contributed by atoms with Gasteiger partial charge in [-0.05, 0) is 57.0 Å². The molecule has 25 heavy (non-hydrogen) atoms. The summed E-state index contributed by atoms with van der Waals surface area (Å²) in [6.45, 7) is 8.52. The molecule has 3 rings (SSSR count). The van der Waals surface area contributed by atoms with E-state index in [1.165, 1.54) is 31.5 Å². The quantitative estimate of drug-likeness (QED) is 0.658. The fraction of sp³-hybridized carbons (Fsp3) is 0.650. The molecule has 1 aromatic carbocycles. The summed E-state index contributed by atoms with van der Waals surface area (Å²) >= 11 is 0. The van der Waals surface area contributed by atoms with Crippen LogP contribution in [0.25, 0.3) is 0 Å². The maximum absolute atomic E-state index is 5.27. The van der Waals surface area contributed by atoms with Crippen LogP contribution in [0.1, 0.15) is 31.2 Å². The largest absolute Gasteiger partial charge is 0.497 e. The van der Waals surface area contributed by atoms with Crippen LogP contribution in [0.4, 0.5) is 0 Å². The molecule has 5 heteroatoms. The first-order valence-electron chi connectivity index (χ1n) is 9.55. The van der Waals surface area contributed by atoms with Gasteiger partial charge in [0.1, 0.15) is 5.75 Å². The molecule has 0 amide bonds. The number of benzene rings is 1. The van der Waals surface area contributed by atoms with Gasteiger partial charge in [0, 0.05) is 38.6 Å². The van der Waals surface area contributed by atoms with E-state index in [1.807, 2.05) is 0 Å². The zero-order valence-electron chi connectivity index (χ0n) is 15.9. The van der Waals surface area contributed by atoms with E-state index >= 15 is 0 Å². The van der Waals surface area contributed by atoms with Crippen molar-refractivity contribution < 1.29 is 4.74 Å². The van der Waals surface area contributed by atoms with Crippen LogP contribution in [0, 0.1) is 5.92 Å². The fourth-order valence-corrected chi connectivity index (χ4v) is 3.92. The van der Waals surface area contributed by atoms with Gasteiger partial charge < -0.3 is 19.9 Å². The second kappa shape index (κ2) is 8.56. The zero-order valence-corrected chi connectivity index (χ0v) is 15.9. The molecule has 0 aliphatic carbocycles. The van der Waals surface area contributed by atoms with Crippen molar-refractivity contribution >= 4 is 5.96 Å². The number of likely N-dealkylation sites (tertiary alicyclic amines) is 2. The number of methoxy groups -OCH3 is 1. The number of rotatable bonds is 5. The molecule has 0 aromatic heterocycles. The van der Waals surface area contributed by atoms with Crippen molar-refractivity contribution in [2.45, 2.75) is 25.7 Å². The highest BCUT2D eigenvalue weighted by Gasteiger charge is 2.26. The third kappa shape index (κ3) is 4.66. The number of ether oxygens (including phenoxy) is 1. The first-order valence-corrected chi connectivity index (χ1v) is 9.55. The Morgan fingerprint density at radius 1 is 1.20 bits per heavy atom. The van der Waals surface area contributed by atoms with Crippen LogP contribution in [0.5, 0.6) is 5.75 Å². The topological polar surface area (TPSA) is 40.1 Å². The third-order valence-corrected chi connectivity index (χ3v) is 5.40. The molecule has 2 aliphatic heterocycles. The Hall–Kier alpha value is -1.75. The lowest BCUT2D eigenvalue weighted by Crippen LogP contribution is -2.40. The van der Waals surface area contributed by atoms with Gasteiger partial charge >= 0.3 is 0 Å². The average Bonchev–Trinajstić information content (AvgIpc) is 3.28. The molecule has 0 radical (unpaired) electrons. The highest BCUT2D eigenvalue weighted by molar-refractivity contribution is 5.80. The number of hydrogen-bond acceptors (Lipinski definition) is 3. The van der Waals surface area contributed by atoms with Crippen molar-refractivity contribution in [3.63, 3.8) is 0 Å². The molecule has 138 valence electrons. The second-order valence-electron chi connectivity index (χ2n) is 7.32. The normalized spacial score (nSPS) is 24.8. The molecule has 0 bridgehead atoms. The van der Waals surface area contributed by atoms with E-state index in [0.717, 1.165) is 37.9 Å². The molecule has 2 aliphatic rings. The van der Waals surface area contributed by atoms with Crippen molar-refractivity contribution in [3.8, 4) is 5.75 Å². The Bertz CT molecular complexity index is 572. The van der Waals surface area contributed by atoms with Gasteiger partial charge in [-0.3, -0.25) is 4.99 Å². The number of nitrogens with zero attached hydrogens (tertiary/aromatic N) is 3. The van der Waals surface area contributed by atoms with Gasteiger partial charge in [-0.15, -0.1) is 0 Å². The lowest BCUT2D eigenvalue weighted by Gasteiger charge is -2.22. The highest BCUT2D eigenvalue weighted by atomic mass is 16.5. The van der Waals surface area contributed by atoms with Crippen molar-refractivity contribution in [3.05, 3.63) is 29.8 Å². The standard InChI is InChI=1S/C20H32N4O/c1-4-21-20(22-13-16-9-11-23(2)14-16)24-12-10-18(15-24)17-5-7-19(25-3)8-6-17/h5-8,16,18H,4,9-15H2,1-3H3,(H,21,22). The minimum Gasteiger partial charge on any atom is -0.497 e. The zero-order chi connectivity index (χ0) is 17.6. The van der Waals surface area contributed by atoms with Crippen molar-refractivity contribution in [1.29, 1.82) is 0 Å². The van der Waals surface area contributed by atoms with Crippen LogP contribution < -0.4 is 10.1 Å². The summed E-state index contributed by atoms with van der Waals surface area (Å²) in [7, 11) is 3.92. The Kier molecular flexibility index (Phi) is 6.19. The molecule has 0 spiro atoms. The fourth-order valence-electron chi connectivity index (χ4n) is 3.92. The Morgan fingerprint density at radius 3 is 2.64 bits per heavy atom. The highest BCUT2D eigenvalue weighted by Crippen LogP contribution is 2.28. The second-order valence-corrected chi connectivity index (χ2v) is 7.32. The predicted octanol–water partition coefficient (Wildman–Crippen LogP) is 2.40. The summed E-state index contributed by atoms with van der Waals surface area (Å²) in [5.41, 5.74) is 1.40. The van der Waals surface area contributed by atoms with E-state index in [1.54, 1.807) is 7.11 Å². The summed E-state index contributed by atoms with van der Waals surface area (Å²) in [4.78, 5) is 9.79.